The van der Waals surface area contributed by atoms with Gasteiger partial charge in [0, 0.05) is 55.1 Å². The molecule has 2 aromatic heterocycles. The Labute approximate surface area is 477 Å². The van der Waals surface area contributed by atoms with Gasteiger partial charge in [0.2, 0.25) is 0 Å². The Morgan fingerprint density at radius 1 is 0.256 bits per heavy atom. The molecule has 0 radical (unpaired) electrons. The molecule has 13 aromatic carbocycles. The Kier molecular flexibility index (Phi) is 10.9. The normalized spacial score (nSPS) is 12.6. The largest absolute Gasteiger partial charge is 0.310 e. The highest BCUT2D eigenvalue weighted by atomic mass is 15.1. The molecular formula is C79H55N3. The van der Waals surface area contributed by atoms with Crippen LogP contribution in [0.3, 0.4) is 0 Å². The van der Waals surface area contributed by atoms with Gasteiger partial charge in [-0.25, -0.2) is 0 Å². The van der Waals surface area contributed by atoms with E-state index in [0.29, 0.717) is 0 Å². The molecule has 0 N–H and O–H groups in total. The molecule has 1 aliphatic rings. The number of hydrogen-bond donors (Lipinski definition) is 0. The molecule has 0 saturated carbocycles. The zero-order valence-electron chi connectivity index (χ0n) is 45.6. The number of anilines is 3. The number of fused-ring (bicyclic) bond motifs is 10. The van der Waals surface area contributed by atoms with Crippen molar-refractivity contribution >= 4 is 71.4 Å². The molecule has 82 heavy (non-hydrogen) atoms. The van der Waals surface area contributed by atoms with Gasteiger partial charge in [0.05, 0.1) is 27.8 Å². The number of hydrogen-bond acceptors (Lipinski definition) is 1. The average Bonchev–Trinajstić information content (AvgIpc) is 3.25. The fourth-order valence-corrected chi connectivity index (χ4v) is 13.5. The Balaban J connectivity index is 0.814. The molecule has 0 atom stereocenters. The van der Waals surface area contributed by atoms with Crippen LogP contribution in [0.25, 0.3) is 121 Å². The molecule has 0 amide bonds. The summed E-state index contributed by atoms with van der Waals surface area (Å²) in [6, 6.07) is 110. The highest BCUT2D eigenvalue weighted by molar-refractivity contribution is 6.13. The number of nitrogens with zero attached hydrogens (tertiary/aromatic N) is 3. The molecule has 3 nitrogen and oxygen atoms in total. The molecule has 0 saturated heterocycles. The van der Waals surface area contributed by atoms with Crippen LogP contribution in [0.15, 0.2) is 297 Å². The van der Waals surface area contributed by atoms with Crippen LogP contribution in [0.4, 0.5) is 17.1 Å². The number of rotatable bonds is 9. The maximum absolute atomic E-state index is 2.48. The van der Waals surface area contributed by atoms with Crippen LogP contribution in [0.5, 0.6) is 0 Å². The van der Waals surface area contributed by atoms with Crippen molar-refractivity contribution in [3.63, 3.8) is 0 Å². The maximum atomic E-state index is 2.48. The zero-order chi connectivity index (χ0) is 54.5. The summed E-state index contributed by atoms with van der Waals surface area (Å²) in [6.45, 7) is 4.81. The second-order valence-corrected chi connectivity index (χ2v) is 22.5. The molecule has 15 aromatic rings. The van der Waals surface area contributed by atoms with Crippen LogP contribution in [0, 0.1) is 0 Å². The highest BCUT2D eigenvalue weighted by Crippen LogP contribution is 2.53. The summed E-state index contributed by atoms with van der Waals surface area (Å²) in [5.74, 6) is 0. The summed E-state index contributed by atoms with van der Waals surface area (Å²) < 4.78 is 4.80. The first-order valence-electron chi connectivity index (χ1n) is 28.5. The van der Waals surface area contributed by atoms with E-state index >= 15 is 0 Å². The minimum absolute atomic E-state index is 0.279. The van der Waals surface area contributed by atoms with Crippen molar-refractivity contribution in [1.29, 1.82) is 0 Å². The van der Waals surface area contributed by atoms with Crippen LogP contribution in [0.2, 0.25) is 0 Å². The fourth-order valence-electron chi connectivity index (χ4n) is 13.5. The molecule has 386 valence electrons. The van der Waals surface area contributed by atoms with Crippen molar-refractivity contribution in [3.8, 4) is 67.0 Å². The Morgan fingerprint density at radius 2 is 0.683 bits per heavy atom. The lowest BCUT2D eigenvalue weighted by Crippen LogP contribution is -2.17. The standard InChI is InChI=1S/C79H55N3/c1-79(2)72-49-57(56-38-46-77-71(48-56)69-27-15-17-29-75(69)81(77)59-20-8-4-9-21-59)36-42-65(72)66-44-41-62(51-73(66)79)80(61-39-34-55(35-40-61)54-32-30-53(31-33-54)52-18-6-3-7-19-52)76-47-45-63(64-24-12-13-25-67(64)76)58-37-43-70-68-26-14-16-28-74(68)82(78(70)50-58)60-22-10-5-11-23-60/h3-51H,1-2H3. The third kappa shape index (κ3) is 7.58. The van der Waals surface area contributed by atoms with E-state index in [1.54, 1.807) is 0 Å². The SMILES string of the molecule is CC1(C)c2cc(-c3ccc4c(c3)c3ccccc3n4-c3ccccc3)ccc2-c2ccc(N(c3ccc(-c4ccc(-c5ccccc5)cc4)cc3)c3ccc(-c4ccc5c6ccccc6n(-c6ccccc6)c5c4)c4ccccc34)cc21. The quantitative estimate of drug-likeness (QED) is 0.140. The fraction of sp³-hybridized carbons (Fsp3) is 0.0380. The van der Waals surface area contributed by atoms with Crippen LogP contribution >= 0.6 is 0 Å². The third-order valence-corrected chi connectivity index (χ3v) is 17.5. The summed E-state index contributed by atoms with van der Waals surface area (Å²) in [5, 5.41) is 7.39. The molecule has 0 bridgehead atoms. The van der Waals surface area contributed by atoms with E-state index in [0.717, 1.165) is 22.7 Å². The van der Waals surface area contributed by atoms with E-state index < -0.39 is 0 Å². The van der Waals surface area contributed by atoms with Crippen LogP contribution in [-0.2, 0) is 5.41 Å². The summed E-state index contributed by atoms with van der Waals surface area (Å²) in [6.07, 6.45) is 0. The average molecular weight is 1050 g/mol. The lowest BCUT2D eigenvalue weighted by Gasteiger charge is -2.29. The molecule has 0 unspecified atom stereocenters. The molecule has 3 heteroatoms. The van der Waals surface area contributed by atoms with Crippen molar-refractivity contribution in [2.24, 2.45) is 0 Å². The third-order valence-electron chi connectivity index (χ3n) is 17.5. The number of benzene rings is 13. The van der Waals surface area contributed by atoms with Crippen LogP contribution in [0.1, 0.15) is 25.0 Å². The zero-order valence-corrected chi connectivity index (χ0v) is 45.6. The topological polar surface area (TPSA) is 13.1 Å². The van der Waals surface area contributed by atoms with E-state index in [1.807, 2.05) is 0 Å². The first-order valence-corrected chi connectivity index (χ1v) is 28.5. The van der Waals surface area contributed by atoms with E-state index in [9.17, 15) is 0 Å². The van der Waals surface area contributed by atoms with Gasteiger partial charge in [0.25, 0.3) is 0 Å². The predicted molar refractivity (Wildman–Crippen MR) is 347 cm³/mol. The Hall–Kier alpha value is -10.5. The highest BCUT2D eigenvalue weighted by Gasteiger charge is 2.37. The van der Waals surface area contributed by atoms with Gasteiger partial charge in [0.1, 0.15) is 0 Å². The van der Waals surface area contributed by atoms with Gasteiger partial charge in [0.15, 0.2) is 0 Å². The minimum Gasteiger partial charge on any atom is -0.310 e. The van der Waals surface area contributed by atoms with Crippen molar-refractivity contribution in [1.82, 2.24) is 9.13 Å². The van der Waals surface area contributed by atoms with Gasteiger partial charge in [-0.1, -0.05) is 220 Å². The van der Waals surface area contributed by atoms with Crippen molar-refractivity contribution in [2.45, 2.75) is 19.3 Å². The smallest absolute Gasteiger partial charge is 0.0547 e. The Morgan fingerprint density at radius 3 is 1.34 bits per heavy atom. The first kappa shape index (κ1) is 47.5. The predicted octanol–water partition coefficient (Wildman–Crippen LogP) is 21.5. The summed E-state index contributed by atoms with van der Waals surface area (Å²) in [7, 11) is 0. The molecule has 16 rings (SSSR count). The molecule has 0 fully saturated rings. The van der Waals surface area contributed by atoms with E-state index in [4.69, 9.17) is 0 Å². The minimum atomic E-state index is -0.279. The van der Waals surface area contributed by atoms with E-state index in [2.05, 4.69) is 325 Å². The lowest BCUT2D eigenvalue weighted by molar-refractivity contribution is 0.660. The van der Waals surface area contributed by atoms with Gasteiger partial charge in [-0.3, -0.25) is 0 Å². The molecule has 0 spiro atoms. The van der Waals surface area contributed by atoms with Crippen molar-refractivity contribution < 1.29 is 0 Å². The number of para-hydroxylation sites is 4. The van der Waals surface area contributed by atoms with E-state index in [-0.39, 0.29) is 5.41 Å². The molecule has 0 aliphatic heterocycles. The lowest BCUT2D eigenvalue weighted by atomic mass is 9.81. The van der Waals surface area contributed by atoms with Crippen LogP contribution in [-0.4, -0.2) is 9.13 Å². The van der Waals surface area contributed by atoms with Gasteiger partial charge in [-0.15, -0.1) is 0 Å². The van der Waals surface area contributed by atoms with Crippen molar-refractivity contribution in [3.05, 3.63) is 308 Å². The van der Waals surface area contributed by atoms with E-state index in [1.165, 1.54) is 127 Å². The number of aromatic nitrogens is 2. The summed E-state index contributed by atoms with van der Waals surface area (Å²) in [5.41, 5.74) is 25.1. The van der Waals surface area contributed by atoms with Crippen LogP contribution < -0.4 is 4.90 Å². The molecule has 1 aliphatic carbocycles. The van der Waals surface area contributed by atoms with Gasteiger partial charge in [-0.05, 0) is 163 Å². The second-order valence-electron chi connectivity index (χ2n) is 22.5. The summed E-state index contributed by atoms with van der Waals surface area (Å²) >= 11 is 0. The van der Waals surface area contributed by atoms with Gasteiger partial charge < -0.3 is 14.0 Å². The van der Waals surface area contributed by atoms with Gasteiger partial charge >= 0.3 is 0 Å². The summed E-state index contributed by atoms with van der Waals surface area (Å²) in [4.78, 5) is 2.48. The Bertz CT molecular complexity index is 4970. The molecular weight excluding hydrogens is 991 g/mol. The van der Waals surface area contributed by atoms with Gasteiger partial charge in [-0.2, -0.15) is 0 Å². The monoisotopic (exact) mass is 1050 g/mol. The second kappa shape index (κ2) is 18.8. The maximum Gasteiger partial charge on any atom is 0.0547 e. The van der Waals surface area contributed by atoms with Crippen molar-refractivity contribution in [2.75, 3.05) is 4.90 Å². The first-order chi connectivity index (χ1) is 40.4. The molecule has 2 heterocycles.